The highest BCUT2D eigenvalue weighted by molar-refractivity contribution is 8.04. The van der Waals surface area contributed by atoms with Gasteiger partial charge in [0.2, 0.25) is 0 Å². The van der Waals surface area contributed by atoms with Crippen molar-refractivity contribution in [3.8, 4) is 0 Å². The molecule has 0 radical (unpaired) electrons. The van der Waals surface area contributed by atoms with Gasteiger partial charge in [0.1, 0.15) is 5.76 Å². The van der Waals surface area contributed by atoms with Crippen LogP contribution in [-0.4, -0.2) is 21.6 Å². The number of nitro benzene ring substituents is 2. The van der Waals surface area contributed by atoms with Gasteiger partial charge < -0.3 is 4.74 Å². The lowest BCUT2D eigenvalue weighted by atomic mass is 10.0. The zero-order valence-corrected chi connectivity index (χ0v) is 16.8. The number of ketones is 1. The minimum atomic E-state index is -0.950. The molecular formula is C19H13ClN2O7S. The monoisotopic (exact) mass is 448 g/mol. The van der Waals surface area contributed by atoms with E-state index in [1.807, 2.05) is 0 Å². The molecule has 0 atom stereocenters. The number of nitro groups is 2. The maximum atomic E-state index is 12.6. The molecule has 0 aromatic heterocycles. The van der Waals surface area contributed by atoms with Crippen molar-refractivity contribution in [2.45, 2.75) is 24.2 Å². The van der Waals surface area contributed by atoms with Crippen LogP contribution in [0.2, 0.25) is 5.02 Å². The predicted octanol–water partition coefficient (Wildman–Crippen LogP) is 5.07. The molecule has 3 rings (SSSR count). The van der Waals surface area contributed by atoms with Crippen LogP contribution in [0.25, 0.3) is 0 Å². The molecule has 154 valence electrons. The first-order valence-electron chi connectivity index (χ1n) is 8.61. The molecule has 0 N–H and O–H groups in total. The first kappa shape index (κ1) is 21.5. The van der Waals surface area contributed by atoms with Gasteiger partial charge >= 0.3 is 5.97 Å². The lowest BCUT2D eigenvalue weighted by Gasteiger charge is -2.18. The number of allylic oxidation sites excluding steroid dienone is 2. The van der Waals surface area contributed by atoms with Gasteiger partial charge in [0, 0.05) is 31.0 Å². The van der Waals surface area contributed by atoms with Crippen LogP contribution >= 0.6 is 23.4 Å². The Morgan fingerprint density at radius 3 is 2.50 bits per heavy atom. The van der Waals surface area contributed by atoms with E-state index >= 15 is 0 Å². The van der Waals surface area contributed by atoms with E-state index in [1.165, 1.54) is 24.3 Å². The summed E-state index contributed by atoms with van der Waals surface area (Å²) in [5.74, 6) is -1.20. The smallest absolute Gasteiger partial charge is 0.345 e. The minimum Gasteiger partial charge on any atom is -0.426 e. The number of thioether (sulfide) groups is 1. The SMILES string of the molecule is O=C1CCCC(OC(=O)c2cc([N+](=O)[O-])ccc2Cl)=C1Sc1ccccc1[N+](=O)[O-]. The van der Waals surface area contributed by atoms with E-state index in [0.717, 1.165) is 23.9 Å². The Bertz CT molecular complexity index is 1100. The molecule has 0 saturated heterocycles. The van der Waals surface area contributed by atoms with Gasteiger partial charge in [-0.25, -0.2) is 4.79 Å². The quantitative estimate of drug-likeness (QED) is 0.340. The number of ether oxygens (including phenoxy) is 1. The van der Waals surface area contributed by atoms with Gasteiger partial charge in [0.15, 0.2) is 5.78 Å². The summed E-state index contributed by atoms with van der Waals surface area (Å²) in [6.45, 7) is 0. The number of carbonyl (C=O) groups excluding carboxylic acids is 2. The zero-order valence-electron chi connectivity index (χ0n) is 15.2. The number of nitrogens with zero attached hydrogens (tertiary/aromatic N) is 2. The molecule has 0 fully saturated rings. The molecule has 1 aliphatic carbocycles. The number of hydrogen-bond acceptors (Lipinski definition) is 8. The summed E-state index contributed by atoms with van der Waals surface area (Å²) in [7, 11) is 0. The molecule has 0 spiro atoms. The van der Waals surface area contributed by atoms with E-state index in [9.17, 15) is 29.8 Å². The Balaban J connectivity index is 1.95. The van der Waals surface area contributed by atoms with Crippen LogP contribution < -0.4 is 0 Å². The van der Waals surface area contributed by atoms with Crippen LogP contribution in [0.3, 0.4) is 0 Å². The summed E-state index contributed by atoms with van der Waals surface area (Å²) in [4.78, 5) is 46.4. The lowest BCUT2D eigenvalue weighted by molar-refractivity contribution is -0.387. The topological polar surface area (TPSA) is 130 Å². The van der Waals surface area contributed by atoms with Crippen LogP contribution in [-0.2, 0) is 9.53 Å². The van der Waals surface area contributed by atoms with E-state index in [1.54, 1.807) is 6.07 Å². The molecule has 0 saturated carbocycles. The highest BCUT2D eigenvalue weighted by Crippen LogP contribution is 2.40. The molecule has 0 bridgehead atoms. The van der Waals surface area contributed by atoms with Crippen molar-refractivity contribution >= 4 is 46.5 Å². The summed E-state index contributed by atoms with van der Waals surface area (Å²) in [5, 5.41) is 22.2. The van der Waals surface area contributed by atoms with Gasteiger partial charge in [-0.2, -0.15) is 0 Å². The molecule has 11 heteroatoms. The lowest BCUT2D eigenvalue weighted by Crippen LogP contribution is -2.15. The fourth-order valence-corrected chi connectivity index (χ4v) is 4.04. The highest BCUT2D eigenvalue weighted by Gasteiger charge is 2.28. The fraction of sp³-hybridized carbons (Fsp3) is 0.158. The first-order chi connectivity index (χ1) is 14.3. The van der Waals surface area contributed by atoms with Gasteiger partial charge in [0.25, 0.3) is 11.4 Å². The number of hydrogen-bond donors (Lipinski definition) is 0. The molecule has 0 unspecified atom stereocenters. The van der Waals surface area contributed by atoms with Crippen molar-refractivity contribution in [3.63, 3.8) is 0 Å². The van der Waals surface area contributed by atoms with Crippen molar-refractivity contribution in [2.24, 2.45) is 0 Å². The van der Waals surface area contributed by atoms with Gasteiger partial charge in [-0.1, -0.05) is 35.5 Å². The number of non-ortho nitro benzene ring substituents is 1. The second-order valence-corrected chi connectivity index (χ2v) is 7.63. The molecule has 0 aliphatic heterocycles. The third kappa shape index (κ3) is 4.66. The van der Waals surface area contributed by atoms with Crippen LogP contribution in [0.5, 0.6) is 0 Å². The molecule has 30 heavy (non-hydrogen) atoms. The minimum absolute atomic E-state index is 0.0405. The number of benzene rings is 2. The van der Waals surface area contributed by atoms with Crippen LogP contribution in [0.1, 0.15) is 29.6 Å². The van der Waals surface area contributed by atoms with Gasteiger partial charge in [-0.05, 0) is 18.6 Å². The molecular weight excluding hydrogens is 436 g/mol. The zero-order chi connectivity index (χ0) is 21.8. The standard InChI is InChI=1S/C19H13ClN2O7S/c20-13-9-8-11(21(25)26)10-12(13)19(24)29-16-6-3-5-15(23)18(16)30-17-7-2-1-4-14(17)22(27)28/h1-2,4,7-10H,3,5-6H2. The van der Waals surface area contributed by atoms with Crippen molar-refractivity contribution in [1.82, 2.24) is 0 Å². The Morgan fingerprint density at radius 1 is 1.07 bits per heavy atom. The third-order valence-corrected chi connectivity index (χ3v) is 5.74. The number of rotatable bonds is 6. The summed E-state index contributed by atoms with van der Waals surface area (Å²) in [6, 6.07) is 9.25. The predicted molar refractivity (Wildman–Crippen MR) is 108 cm³/mol. The first-order valence-corrected chi connectivity index (χ1v) is 9.81. The van der Waals surface area contributed by atoms with E-state index in [2.05, 4.69) is 0 Å². The van der Waals surface area contributed by atoms with Gasteiger partial charge in [0.05, 0.1) is 30.2 Å². The Labute approximate surface area is 179 Å². The van der Waals surface area contributed by atoms with E-state index in [4.69, 9.17) is 16.3 Å². The summed E-state index contributed by atoms with van der Waals surface area (Å²) in [5.41, 5.74) is -0.734. The van der Waals surface area contributed by atoms with Crippen LogP contribution in [0.15, 0.2) is 58.0 Å². The number of carbonyl (C=O) groups is 2. The second kappa shape index (κ2) is 9.06. The van der Waals surface area contributed by atoms with Crippen molar-refractivity contribution in [2.75, 3.05) is 0 Å². The number of halogens is 1. The van der Waals surface area contributed by atoms with E-state index in [-0.39, 0.29) is 56.1 Å². The molecule has 2 aromatic rings. The van der Waals surface area contributed by atoms with Crippen molar-refractivity contribution in [1.29, 1.82) is 0 Å². The normalized spacial score (nSPS) is 13.8. The third-order valence-electron chi connectivity index (χ3n) is 4.18. The molecule has 0 amide bonds. The number of para-hydroxylation sites is 1. The number of esters is 1. The van der Waals surface area contributed by atoms with Crippen LogP contribution in [0.4, 0.5) is 11.4 Å². The summed E-state index contributed by atoms with van der Waals surface area (Å²) < 4.78 is 5.37. The van der Waals surface area contributed by atoms with Gasteiger partial charge in [-0.3, -0.25) is 25.0 Å². The Morgan fingerprint density at radius 2 is 1.80 bits per heavy atom. The van der Waals surface area contributed by atoms with Crippen molar-refractivity contribution in [3.05, 3.63) is 83.9 Å². The Kier molecular flexibility index (Phi) is 6.48. The molecule has 1 aliphatic rings. The van der Waals surface area contributed by atoms with Gasteiger partial charge in [-0.15, -0.1) is 0 Å². The highest BCUT2D eigenvalue weighted by atomic mass is 35.5. The average molecular weight is 449 g/mol. The molecule has 2 aromatic carbocycles. The fourth-order valence-electron chi connectivity index (χ4n) is 2.76. The number of Topliss-reactive ketones (excluding diaryl/α,β-unsaturated/α-hetero) is 1. The second-order valence-electron chi connectivity index (χ2n) is 6.17. The summed E-state index contributed by atoms with van der Waals surface area (Å²) in [6.07, 6.45) is 0.902. The summed E-state index contributed by atoms with van der Waals surface area (Å²) >= 11 is 6.83. The Hall–Kier alpha value is -3.24. The van der Waals surface area contributed by atoms with E-state index < -0.39 is 15.8 Å². The molecule has 0 heterocycles. The average Bonchev–Trinajstić information content (AvgIpc) is 2.70. The van der Waals surface area contributed by atoms with Crippen molar-refractivity contribution < 1.29 is 24.2 Å². The van der Waals surface area contributed by atoms with Crippen LogP contribution in [0, 0.1) is 20.2 Å². The maximum Gasteiger partial charge on any atom is 0.345 e. The van der Waals surface area contributed by atoms with E-state index in [0.29, 0.717) is 6.42 Å². The molecule has 9 nitrogen and oxygen atoms in total. The largest absolute Gasteiger partial charge is 0.426 e. The maximum absolute atomic E-state index is 12.6.